The third-order valence-electron chi connectivity index (χ3n) is 5.56. The summed E-state index contributed by atoms with van der Waals surface area (Å²) in [4.78, 5) is 18.9. The highest BCUT2D eigenvalue weighted by Crippen LogP contribution is 2.34. The summed E-state index contributed by atoms with van der Waals surface area (Å²) in [7, 11) is 1.68. The predicted octanol–water partition coefficient (Wildman–Crippen LogP) is 3.70. The van der Waals surface area contributed by atoms with E-state index in [2.05, 4.69) is 15.3 Å². The van der Waals surface area contributed by atoms with Gasteiger partial charge in [0, 0.05) is 24.4 Å². The van der Waals surface area contributed by atoms with E-state index in [9.17, 15) is 9.18 Å². The van der Waals surface area contributed by atoms with Crippen LogP contribution >= 0.6 is 0 Å². The molecule has 1 atom stereocenters. The number of pyridine rings is 1. The fraction of sp³-hybridized carbons (Fsp3) is 0.391. The van der Waals surface area contributed by atoms with Crippen molar-refractivity contribution in [3.8, 4) is 5.75 Å². The SMILES string of the molecule is CCc1cnc(N)c(OC(C)c2cc(F)ccc2C(=O)N(C)Cc2cn(C3CC3)nn2)c1. The predicted molar refractivity (Wildman–Crippen MR) is 118 cm³/mol. The standard InChI is InChI=1S/C23H27FN6O2/c1-4-15-9-21(22(25)26-11-15)32-14(2)20-10-16(24)5-8-19(20)23(31)29(3)12-17-13-30(28-27-17)18-6-7-18/h5,8-11,13-14,18H,4,6-7,12H2,1-3H3,(H2,25,26). The Hall–Kier alpha value is -3.49. The molecule has 1 aliphatic carbocycles. The van der Waals surface area contributed by atoms with E-state index in [1.165, 1.54) is 18.2 Å². The van der Waals surface area contributed by atoms with Crippen LogP contribution in [0.2, 0.25) is 0 Å². The minimum Gasteiger partial charge on any atom is -0.482 e. The van der Waals surface area contributed by atoms with Crippen LogP contribution in [0.4, 0.5) is 10.2 Å². The molecule has 2 N–H and O–H groups in total. The molecule has 0 saturated heterocycles. The molecule has 32 heavy (non-hydrogen) atoms. The topological polar surface area (TPSA) is 99.2 Å². The molecule has 3 aromatic rings. The molecule has 1 aliphatic rings. The summed E-state index contributed by atoms with van der Waals surface area (Å²) in [6.45, 7) is 4.06. The Labute approximate surface area is 186 Å². The third-order valence-corrected chi connectivity index (χ3v) is 5.56. The second kappa shape index (κ2) is 8.94. The van der Waals surface area contributed by atoms with Gasteiger partial charge in [-0.2, -0.15) is 0 Å². The third kappa shape index (κ3) is 4.71. The molecular formula is C23H27FN6O2. The number of nitrogen functional groups attached to an aromatic ring is 1. The van der Waals surface area contributed by atoms with Crippen LogP contribution in [0.15, 0.2) is 36.7 Å². The van der Waals surface area contributed by atoms with Crippen LogP contribution in [0.5, 0.6) is 5.75 Å². The largest absolute Gasteiger partial charge is 0.482 e. The molecule has 0 spiro atoms. The van der Waals surface area contributed by atoms with Crippen LogP contribution in [0, 0.1) is 5.82 Å². The minimum absolute atomic E-state index is 0.245. The van der Waals surface area contributed by atoms with Crippen molar-refractivity contribution in [2.24, 2.45) is 0 Å². The quantitative estimate of drug-likeness (QED) is 0.576. The number of aryl methyl sites for hydroxylation is 1. The van der Waals surface area contributed by atoms with E-state index in [0.717, 1.165) is 24.8 Å². The number of aromatic nitrogens is 4. The van der Waals surface area contributed by atoms with E-state index in [-0.39, 0.29) is 11.7 Å². The van der Waals surface area contributed by atoms with Crippen molar-refractivity contribution >= 4 is 11.7 Å². The van der Waals surface area contributed by atoms with Crippen LogP contribution in [0.25, 0.3) is 0 Å². The zero-order valence-electron chi connectivity index (χ0n) is 18.5. The molecule has 1 unspecified atom stereocenters. The lowest BCUT2D eigenvalue weighted by molar-refractivity contribution is 0.0778. The number of carbonyl (C=O) groups excluding carboxylic acids is 1. The monoisotopic (exact) mass is 438 g/mol. The average molecular weight is 439 g/mol. The minimum atomic E-state index is -0.620. The van der Waals surface area contributed by atoms with Gasteiger partial charge in [-0.15, -0.1) is 5.10 Å². The number of halogens is 1. The van der Waals surface area contributed by atoms with Gasteiger partial charge in [0.25, 0.3) is 5.91 Å². The Morgan fingerprint density at radius 1 is 1.38 bits per heavy atom. The fourth-order valence-corrected chi connectivity index (χ4v) is 3.53. The van der Waals surface area contributed by atoms with E-state index >= 15 is 0 Å². The fourth-order valence-electron chi connectivity index (χ4n) is 3.53. The number of amides is 1. The smallest absolute Gasteiger partial charge is 0.254 e. The van der Waals surface area contributed by atoms with Gasteiger partial charge in [0.1, 0.15) is 17.6 Å². The molecule has 1 fully saturated rings. The van der Waals surface area contributed by atoms with E-state index in [4.69, 9.17) is 10.5 Å². The molecule has 168 valence electrons. The molecule has 2 heterocycles. The average Bonchev–Trinajstić information content (AvgIpc) is 3.53. The number of carbonyl (C=O) groups is 1. The van der Waals surface area contributed by atoms with E-state index in [1.54, 1.807) is 25.1 Å². The first-order valence-corrected chi connectivity index (χ1v) is 10.7. The van der Waals surface area contributed by atoms with Crippen LogP contribution in [-0.4, -0.2) is 37.8 Å². The van der Waals surface area contributed by atoms with Gasteiger partial charge >= 0.3 is 0 Å². The van der Waals surface area contributed by atoms with Crippen molar-refractivity contribution in [2.45, 2.75) is 51.8 Å². The van der Waals surface area contributed by atoms with Gasteiger partial charge in [0.2, 0.25) is 0 Å². The molecule has 0 aliphatic heterocycles. The van der Waals surface area contributed by atoms with Crippen molar-refractivity contribution in [2.75, 3.05) is 12.8 Å². The number of anilines is 1. The highest BCUT2D eigenvalue weighted by molar-refractivity contribution is 5.95. The second-order valence-electron chi connectivity index (χ2n) is 8.15. The second-order valence-corrected chi connectivity index (χ2v) is 8.15. The summed E-state index contributed by atoms with van der Waals surface area (Å²) >= 11 is 0. The summed E-state index contributed by atoms with van der Waals surface area (Å²) in [5.41, 5.74) is 8.42. The number of nitrogens with zero attached hydrogens (tertiary/aromatic N) is 5. The Kier molecular flexibility index (Phi) is 6.07. The van der Waals surface area contributed by atoms with Gasteiger partial charge in [-0.05, 0) is 56.0 Å². The molecule has 1 saturated carbocycles. The Bertz CT molecular complexity index is 1130. The summed E-state index contributed by atoms with van der Waals surface area (Å²) in [5.74, 6) is -0.0565. The lowest BCUT2D eigenvalue weighted by atomic mass is 10.0. The maximum Gasteiger partial charge on any atom is 0.254 e. The molecule has 1 amide bonds. The van der Waals surface area contributed by atoms with Gasteiger partial charge in [0.05, 0.1) is 18.8 Å². The molecule has 9 heteroatoms. The number of hydrogen-bond donors (Lipinski definition) is 1. The van der Waals surface area contributed by atoms with Crippen LogP contribution in [-0.2, 0) is 13.0 Å². The molecular weight excluding hydrogens is 411 g/mol. The molecule has 0 bridgehead atoms. The summed E-state index contributed by atoms with van der Waals surface area (Å²) in [6, 6.07) is 6.31. The highest BCUT2D eigenvalue weighted by Gasteiger charge is 2.26. The van der Waals surface area contributed by atoms with Gasteiger partial charge in [-0.3, -0.25) is 4.79 Å². The summed E-state index contributed by atoms with van der Waals surface area (Å²) in [5, 5.41) is 8.29. The van der Waals surface area contributed by atoms with Gasteiger partial charge in [-0.1, -0.05) is 12.1 Å². The van der Waals surface area contributed by atoms with Gasteiger partial charge in [0.15, 0.2) is 11.6 Å². The number of hydrogen-bond acceptors (Lipinski definition) is 6. The Morgan fingerprint density at radius 2 is 2.16 bits per heavy atom. The van der Waals surface area contributed by atoms with Crippen LogP contribution in [0.3, 0.4) is 0 Å². The number of ether oxygens (including phenoxy) is 1. The number of rotatable bonds is 8. The maximum absolute atomic E-state index is 14.1. The van der Waals surface area contributed by atoms with Crippen molar-refractivity contribution in [3.63, 3.8) is 0 Å². The molecule has 2 aromatic heterocycles. The van der Waals surface area contributed by atoms with Gasteiger partial charge < -0.3 is 15.4 Å². The lowest BCUT2D eigenvalue weighted by Gasteiger charge is -2.22. The molecule has 1 aromatic carbocycles. The molecule has 0 radical (unpaired) electrons. The van der Waals surface area contributed by atoms with Crippen molar-refractivity contribution in [1.29, 1.82) is 0 Å². The summed E-state index contributed by atoms with van der Waals surface area (Å²) < 4.78 is 21.9. The lowest BCUT2D eigenvalue weighted by Crippen LogP contribution is -2.28. The first-order valence-electron chi connectivity index (χ1n) is 10.7. The van der Waals surface area contributed by atoms with Crippen molar-refractivity contribution < 1.29 is 13.9 Å². The number of benzene rings is 1. The Morgan fingerprint density at radius 3 is 2.88 bits per heavy atom. The zero-order chi connectivity index (χ0) is 22.8. The van der Waals surface area contributed by atoms with Gasteiger partial charge in [-0.25, -0.2) is 14.1 Å². The van der Waals surface area contributed by atoms with E-state index in [1.807, 2.05) is 23.9 Å². The summed E-state index contributed by atoms with van der Waals surface area (Å²) in [6.07, 6.45) is 5.93. The zero-order valence-corrected chi connectivity index (χ0v) is 18.5. The Balaban J connectivity index is 1.54. The van der Waals surface area contributed by atoms with Crippen molar-refractivity contribution in [1.82, 2.24) is 24.9 Å². The van der Waals surface area contributed by atoms with E-state index in [0.29, 0.717) is 35.2 Å². The first-order chi connectivity index (χ1) is 15.4. The number of nitrogens with two attached hydrogens (primary N) is 1. The first kappa shape index (κ1) is 21.7. The maximum atomic E-state index is 14.1. The van der Waals surface area contributed by atoms with Crippen LogP contribution in [0.1, 0.15) is 66.0 Å². The normalized spacial score (nSPS) is 14.2. The van der Waals surface area contributed by atoms with Crippen molar-refractivity contribution in [3.05, 3.63) is 64.9 Å². The van der Waals surface area contributed by atoms with E-state index < -0.39 is 11.9 Å². The highest BCUT2D eigenvalue weighted by atomic mass is 19.1. The molecule has 8 nitrogen and oxygen atoms in total. The molecule has 4 rings (SSSR count). The van der Waals surface area contributed by atoms with Crippen LogP contribution < -0.4 is 10.5 Å².